The molecule has 2 rings (SSSR count). The molecule has 0 spiro atoms. The van der Waals surface area contributed by atoms with E-state index in [0.29, 0.717) is 16.6 Å². The Morgan fingerprint density at radius 1 is 1.71 bits per heavy atom. The average Bonchev–Trinajstić information content (AvgIpc) is 3.03. The van der Waals surface area contributed by atoms with Crippen molar-refractivity contribution >= 4 is 28.3 Å². The van der Waals surface area contributed by atoms with Crippen LogP contribution in [-0.2, 0) is 4.79 Å². The summed E-state index contributed by atoms with van der Waals surface area (Å²) in [6.07, 6.45) is 2.10. The highest BCUT2D eigenvalue weighted by molar-refractivity contribution is 7.10. The number of rotatable bonds is 4. The van der Waals surface area contributed by atoms with Crippen molar-refractivity contribution in [2.24, 2.45) is 0 Å². The molecule has 90 valence electrons. The topological polar surface area (TPSA) is 104 Å². The monoisotopic (exact) mass is 251 g/mol. The van der Waals surface area contributed by atoms with Gasteiger partial charge in [0.25, 0.3) is 0 Å². The third-order valence-corrected chi connectivity index (χ3v) is 3.29. The molecule has 1 aromatic heterocycles. The number of nitrogen functional groups attached to an aromatic ring is 1. The van der Waals surface area contributed by atoms with E-state index < -0.39 is 6.04 Å². The van der Waals surface area contributed by atoms with Gasteiger partial charge in [-0.05, 0) is 31.3 Å². The van der Waals surface area contributed by atoms with Crippen LogP contribution in [0.4, 0.5) is 10.8 Å². The number of nitrogens with one attached hydrogen (secondary N) is 2. The molecule has 0 aliphatic heterocycles. The summed E-state index contributed by atoms with van der Waals surface area (Å²) in [5.41, 5.74) is 5.84. The molecule has 1 saturated carbocycles. The third kappa shape index (κ3) is 2.65. The van der Waals surface area contributed by atoms with E-state index in [-0.39, 0.29) is 11.7 Å². The van der Waals surface area contributed by atoms with Gasteiger partial charge in [-0.2, -0.15) is 9.64 Å². The zero-order valence-electron chi connectivity index (χ0n) is 9.36. The molecule has 7 heteroatoms. The molecular weight excluding hydrogens is 238 g/mol. The van der Waals surface area contributed by atoms with Crippen molar-refractivity contribution in [3.05, 3.63) is 5.56 Å². The first-order valence-electron chi connectivity index (χ1n) is 5.34. The Morgan fingerprint density at radius 2 is 2.41 bits per heavy atom. The van der Waals surface area contributed by atoms with Crippen LogP contribution in [0, 0.1) is 11.3 Å². The van der Waals surface area contributed by atoms with Crippen molar-refractivity contribution < 1.29 is 4.79 Å². The van der Waals surface area contributed by atoms with E-state index in [2.05, 4.69) is 15.0 Å². The van der Waals surface area contributed by atoms with Crippen molar-refractivity contribution in [3.63, 3.8) is 0 Å². The van der Waals surface area contributed by atoms with Crippen molar-refractivity contribution in [1.82, 2.24) is 9.69 Å². The minimum atomic E-state index is -0.400. The van der Waals surface area contributed by atoms with Crippen molar-refractivity contribution in [2.45, 2.75) is 31.8 Å². The molecule has 4 N–H and O–H groups in total. The molecule has 1 heterocycles. The van der Waals surface area contributed by atoms with E-state index in [9.17, 15) is 4.79 Å². The van der Waals surface area contributed by atoms with E-state index in [0.717, 1.165) is 24.4 Å². The summed E-state index contributed by atoms with van der Waals surface area (Å²) in [5, 5.41) is 15.3. The molecule has 0 bridgehead atoms. The lowest BCUT2D eigenvalue weighted by Gasteiger charge is -2.13. The standard InChI is InChI=1S/C10H13N5OS/c1-5(9(16)14-6-2-3-6)13-10-7(4-11)8(12)15-17-10/h5-6,13H,2-3H2,1H3,(H2,12,15)(H,14,16). The van der Waals surface area contributed by atoms with Gasteiger partial charge in [0.05, 0.1) is 0 Å². The highest BCUT2D eigenvalue weighted by Gasteiger charge is 2.26. The van der Waals surface area contributed by atoms with Gasteiger partial charge in [0.15, 0.2) is 5.82 Å². The molecule has 1 aliphatic carbocycles. The number of hydrogen-bond donors (Lipinski definition) is 3. The summed E-state index contributed by atoms with van der Waals surface area (Å²) in [5.74, 6) is 0.137. The van der Waals surface area contributed by atoms with Crippen LogP contribution >= 0.6 is 11.5 Å². The molecule has 0 saturated heterocycles. The minimum absolute atomic E-state index is 0.0663. The first kappa shape index (κ1) is 11.7. The number of nitriles is 1. The molecule has 6 nitrogen and oxygen atoms in total. The number of nitrogens with zero attached hydrogens (tertiary/aromatic N) is 2. The largest absolute Gasteiger partial charge is 0.382 e. The Bertz CT molecular complexity index is 474. The maximum absolute atomic E-state index is 11.7. The summed E-state index contributed by atoms with van der Waals surface area (Å²) >= 11 is 1.09. The van der Waals surface area contributed by atoms with Crippen LogP contribution in [0.25, 0.3) is 0 Å². The van der Waals surface area contributed by atoms with Gasteiger partial charge < -0.3 is 16.4 Å². The van der Waals surface area contributed by atoms with E-state index in [1.807, 2.05) is 6.07 Å². The smallest absolute Gasteiger partial charge is 0.242 e. The molecular formula is C10H13N5OS. The summed E-state index contributed by atoms with van der Waals surface area (Å²) in [6.45, 7) is 1.74. The van der Waals surface area contributed by atoms with Crippen molar-refractivity contribution in [1.29, 1.82) is 5.26 Å². The first-order chi connectivity index (χ1) is 8.11. The summed E-state index contributed by atoms with van der Waals surface area (Å²) in [4.78, 5) is 11.7. The second kappa shape index (κ2) is 4.59. The SMILES string of the molecule is CC(Nc1snc(N)c1C#N)C(=O)NC1CC1. The van der Waals surface area contributed by atoms with Gasteiger partial charge in [0.2, 0.25) is 5.91 Å². The number of anilines is 2. The molecule has 1 atom stereocenters. The van der Waals surface area contributed by atoms with Crippen molar-refractivity contribution in [2.75, 3.05) is 11.1 Å². The van der Waals surface area contributed by atoms with Crippen LogP contribution < -0.4 is 16.4 Å². The highest BCUT2D eigenvalue weighted by atomic mass is 32.1. The van der Waals surface area contributed by atoms with E-state index in [1.165, 1.54) is 0 Å². The molecule has 17 heavy (non-hydrogen) atoms. The lowest BCUT2D eigenvalue weighted by atomic mass is 10.3. The zero-order valence-corrected chi connectivity index (χ0v) is 10.2. The fraction of sp³-hybridized carbons (Fsp3) is 0.500. The number of hydrogen-bond acceptors (Lipinski definition) is 6. The summed E-state index contributed by atoms with van der Waals surface area (Å²) < 4.78 is 3.88. The molecule has 1 aromatic rings. The first-order valence-corrected chi connectivity index (χ1v) is 6.11. The van der Waals surface area contributed by atoms with Gasteiger partial charge in [-0.15, -0.1) is 0 Å². The van der Waals surface area contributed by atoms with Crippen LogP contribution in [-0.4, -0.2) is 22.4 Å². The lowest BCUT2D eigenvalue weighted by molar-refractivity contribution is -0.121. The normalized spacial score (nSPS) is 16.0. The molecule has 1 unspecified atom stereocenters. The van der Waals surface area contributed by atoms with E-state index in [1.54, 1.807) is 6.92 Å². The van der Waals surface area contributed by atoms with Gasteiger partial charge in [-0.1, -0.05) is 0 Å². The molecule has 1 amide bonds. The highest BCUT2D eigenvalue weighted by Crippen LogP contribution is 2.26. The van der Waals surface area contributed by atoms with Crippen LogP contribution in [0.15, 0.2) is 0 Å². The predicted octanol–water partition coefficient (Wildman–Crippen LogP) is 0.676. The zero-order chi connectivity index (χ0) is 12.4. The summed E-state index contributed by atoms with van der Waals surface area (Å²) in [6, 6.07) is 1.90. The molecule has 1 aliphatic rings. The second-order valence-electron chi connectivity index (χ2n) is 4.03. The number of carbonyl (C=O) groups is 1. The maximum Gasteiger partial charge on any atom is 0.242 e. The van der Waals surface area contributed by atoms with Crippen LogP contribution in [0.5, 0.6) is 0 Å². The minimum Gasteiger partial charge on any atom is -0.382 e. The number of amides is 1. The van der Waals surface area contributed by atoms with Crippen LogP contribution in [0.2, 0.25) is 0 Å². The molecule has 1 fully saturated rings. The van der Waals surface area contributed by atoms with Gasteiger partial charge in [0, 0.05) is 6.04 Å². The third-order valence-electron chi connectivity index (χ3n) is 2.49. The van der Waals surface area contributed by atoms with E-state index in [4.69, 9.17) is 11.0 Å². The molecule has 0 aromatic carbocycles. The lowest BCUT2D eigenvalue weighted by Crippen LogP contribution is -2.38. The Morgan fingerprint density at radius 3 is 3.00 bits per heavy atom. The van der Waals surface area contributed by atoms with Crippen LogP contribution in [0.3, 0.4) is 0 Å². The second-order valence-corrected chi connectivity index (χ2v) is 4.81. The Labute approximate surface area is 103 Å². The van der Waals surface area contributed by atoms with Gasteiger partial charge in [-0.3, -0.25) is 4.79 Å². The van der Waals surface area contributed by atoms with E-state index >= 15 is 0 Å². The Balaban J connectivity index is 1.99. The predicted molar refractivity (Wildman–Crippen MR) is 65.5 cm³/mol. The molecule has 0 radical (unpaired) electrons. The Hall–Kier alpha value is -1.81. The van der Waals surface area contributed by atoms with Gasteiger partial charge in [-0.25, -0.2) is 0 Å². The van der Waals surface area contributed by atoms with Crippen LogP contribution in [0.1, 0.15) is 25.3 Å². The maximum atomic E-state index is 11.7. The summed E-state index contributed by atoms with van der Waals surface area (Å²) in [7, 11) is 0. The Kier molecular flexibility index (Phi) is 3.15. The van der Waals surface area contributed by atoms with Gasteiger partial charge in [0.1, 0.15) is 22.7 Å². The average molecular weight is 251 g/mol. The van der Waals surface area contributed by atoms with Gasteiger partial charge >= 0.3 is 0 Å². The number of nitrogens with two attached hydrogens (primary N) is 1. The number of aromatic nitrogens is 1. The fourth-order valence-corrected chi connectivity index (χ4v) is 2.08. The van der Waals surface area contributed by atoms with Crippen molar-refractivity contribution in [3.8, 4) is 6.07 Å². The number of carbonyl (C=O) groups excluding carboxylic acids is 1. The quantitative estimate of drug-likeness (QED) is 0.730. The fourth-order valence-electron chi connectivity index (χ4n) is 1.33.